The molecule has 15 heavy (non-hydrogen) atoms. The zero-order chi connectivity index (χ0) is 12.0. The molecule has 0 aliphatic heterocycles. The quantitative estimate of drug-likeness (QED) is 0.293. The predicted molar refractivity (Wildman–Crippen MR) is 52.8 cm³/mol. The number of hydrogen-bond donors (Lipinski definition) is 4. The summed E-state index contributed by atoms with van der Waals surface area (Å²) in [7, 11) is 0. The van der Waals surface area contributed by atoms with Crippen LogP contribution in [-0.2, 0) is 9.59 Å². The summed E-state index contributed by atoms with van der Waals surface area (Å²) in [4.78, 5) is 21.3. The molecule has 0 spiro atoms. The zero-order valence-corrected chi connectivity index (χ0v) is 10.3. The van der Waals surface area contributed by atoms with E-state index in [0.29, 0.717) is 6.29 Å². The third kappa shape index (κ3) is 4.86. The van der Waals surface area contributed by atoms with Gasteiger partial charge in [0.2, 0.25) is 0 Å². The van der Waals surface area contributed by atoms with E-state index in [1.165, 1.54) is 6.92 Å². The molecule has 1 unspecified atom stereocenters. The Labute approximate surface area is 93.6 Å². The number of carbonyl (C=O) groups is 2. The standard InChI is InChI=1S/C8H15AsO6/c1-4(12)9-5(2-10)7(14)8(15)6(13)3-11/h2,5-9,11,13-15H,3H2,1H3/t5-,6+,7+,8+/m0/s1. The van der Waals surface area contributed by atoms with Gasteiger partial charge in [-0.25, -0.2) is 0 Å². The molecule has 0 rings (SSSR count). The van der Waals surface area contributed by atoms with Crippen LogP contribution in [0.1, 0.15) is 6.92 Å². The van der Waals surface area contributed by atoms with Crippen LogP contribution in [-0.4, -0.2) is 72.0 Å². The number of hydrogen-bond acceptors (Lipinski definition) is 6. The van der Waals surface area contributed by atoms with E-state index in [9.17, 15) is 19.8 Å². The summed E-state index contributed by atoms with van der Waals surface area (Å²) in [6, 6.07) is 0. The number of aldehydes is 1. The molecule has 0 saturated carbocycles. The molecule has 6 nitrogen and oxygen atoms in total. The Hall–Kier alpha value is -0.262. The fourth-order valence-electron chi connectivity index (χ4n) is 0.983. The summed E-state index contributed by atoms with van der Waals surface area (Å²) in [6.45, 7) is 0.585. The van der Waals surface area contributed by atoms with E-state index < -0.39 is 45.4 Å². The molecule has 0 aliphatic carbocycles. The van der Waals surface area contributed by atoms with E-state index in [1.54, 1.807) is 0 Å². The summed E-state index contributed by atoms with van der Waals surface area (Å²) in [5.41, 5.74) is 0. The van der Waals surface area contributed by atoms with Crippen LogP contribution in [0.15, 0.2) is 0 Å². The van der Waals surface area contributed by atoms with E-state index in [0.717, 1.165) is 0 Å². The van der Waals surface area contributed by atoms with Crippen LogP contribution in [0, 0.1) is 0 Å². The van der Waals surface area contributed by atoms with Gasteiger partial charge in [0.15, 0.2) is 0 Å². The molecule has 7 heteroatoms. The fraction of sp³-hybridized carbons (Fsp3) is 0.750. The zero-order valence-electron chi connectivity index (χ0n) is 8.20. The molecule has 0 heterocycles. The second-order valence-electron chi connectivity index (χ2n) is 3.09. The molecule has 0 saturated heterocycles. The second kappa shape index (κ2) is 7.08. The number of aliphatic hydroxyl groups excluding tert-OH is 4. The normalized spacial score (nSPS) is 19.8. The van der Waals surface area contributed by atoms with Crippen molar-refractivity contribution in [2.75, 3.05) is 6.61 Å². The van der Waals surface area contributed by atoms with E-state index >= 15 is 0 Å². The minimum atomic E-state index is -1.62. The first-order valence-corrected chi connectivity index (χ1v) is 6.57. The molecule has 88 valence electrons. The summed E-state index contributed by atoms with van der Waals surface area (Å²) in [6.07, 6.45) is -4.23. The van der Waals surface area contributed by atoms with Gasteiger partial charge in [0.25, 0.3) is 0 Å². The van der Waals surface area contributed by atoms with Crippen LogP contribution in [0.25, 0.3) is 0 Å². The Bertz CT molecular complexity index is 221. The van der Waals surface area contributed by atoms with E-state index in [1.807, 2.05) is 0 Å². The summed E-state index contributed by atoms with van der Waals surface area (Å²) < 4.78 is -1.13. The fourth-order valence-corrected chi connectivity index (χ4v) is 2.88. The van der Waals surface area contributed by atoms with Crippen LogP contribution in [0.4, 0.5) is 0 Å². The van der Waals surface area contributed by atoms with Crippen molar-refractivity contribution in [1.29, 1.82) is 0 Å². The molecule has 4 N–H and O–H groups in total. The molecule has 0 aromatic heterocycles. The molecular formula is C8H15AsO6. The average Bonchev–Trinajstić information content (AvgIpc) is 2.22. The first kappa shape index (κ1) is 14.7. The maximum atomic E-state index is 10.8. The molecule has 0 bridgehead atoms. The Morgan fingerprint density at radius 1 is 1.33 bits per heavy atom. The van der Waals surface area contributed by atoms with Gasteiger partial charge in [0.1, 0.15) is 0 Å². The summed E-state index contributed by atoms with van der Waals surface area (Å²) in [5, 5.41) is 36.3. The van der Waals surface area contributed by atoms with Gasteiger partial charge >= 0.3 is 93.2 Å². The topological polar surface area (TPSA) is 115 Å². The van der Waals surface area contributed by atoms with Crippen molar-refractivity contribution in [2.24, 2.45) is 0 Å². The molecule has 0 radical (unpaired) electrons. The van der Waals surface area contributed by atoms with Gasteiger partial charge in [-0.05, 0) is 0 Å². The molecule has 5 atom stereocenters. The number of aliphatic hydroxyl groups is 4. The molecule has 0 aromatic carbocycles. The molecule has 0 aliphatic rings. The van der Waals surface area contributed by atoms with Crippen molar-refractivity contribution in [1.82, 2.24) is 0 Å². The molecule has 0 aromatic rings. The number of rotatable bonds is 7. The van der Waals surface area contributed by atoms with Crippen molar-refractivity contribution in [3.05, 3.63) is 0 Å². The van der Waals surface area contributed by atoms with Crippen molar-refractivity contribution in [2.45, 2.75) is 29.9 Å². The summed E-state index contributed by atoms with van der Waals surface area (Å²) >= 11 is -1.35. The Morgan fingerprint density at radius 2 is 1.87 bits per heavy atom. The van der Waals surface area contributed by atoms with Gasteiger partial charge < -0.3 is 0 Å². The van der Waals surface area contributed by atoms with Crippen LogP contribution < -0.4 is 0 Å². The SMILES string of the molecule is CC(=O)[AsH][C@@H](C=O)[C@@H](O)[C@H](O)[C@H](O)CO. The predicted octanol–water partition coefficient (Wildman–Crippen LogP) is -2.97. The van der Waals surface area contributed by atoms with E-state index in [4.69, 9.17) is 10.2 Å². The number of carbonyl (C=O) groups excluding carboxylic acids is 2. The second-order valence-corrected chi connectivity index (χ2v) is 6.58. The molecule has 0 fully saturated rings. The van der Waals surface area contributed by atoms with Crippen molar-refractivity contribution >= 4 is 26.6 Å². The Morgan fingerprint density at radius 3 is 2.20 bits per heavy atom. The van der Waals surface area contributed by atoms with E-state index in [2.05, 4.69) is 0 Å². The Balaban J connectivity index is 4.42. The monoisotopic (exact) mass is 282 g/mol. The van der Waals surface area contributed by atoms with Gasteiger partial charge in [-0.2, -0.15) is 0 Å². The van der Waals surface area contributed by atoms with Gasteiger partial charge in [-0.15, -0.1) is 0 Å². The average molecular weight is 282 g/mol. The maximum absolute atomic E-state index is 10.8. The van der Waals surface area contributed by atoms with Gasteiger partial charge in [-0.1, -0.05) is 0 Å². The van der Waals surface area contributed by atoms with Crippen LogP contribution in [0.5, 0.6) is 0 Å². The van der Waals surface area contributed by atoms with Gasteiger partial charge in [0, 0.05) is 0 Å². The molecular weight excluding hydrogens is 267 g/mol. The first-order chi connectivity index (χ1) is 6.93. The first-order valence-electron chi connectivity index (χ1n) is 4.31. The van der Waals surface area contributed by atoms with Crippen LogP contribution >= 0.6 is 0 Å². The van der Waals surface area contributed by atoms with Crippen molar-refractivity contribution in [3.8, 4) is 0 Å². The van der Waals surface area contributed by atoms with Gasteiger partial charge in [-0.3, -0.25) is 0 Å². The third-order valence-electron chi connectivity index (χ3n) is 1.82. The summed E-state index contributed by atoms with van der Waals surface area (Å²) in [5.74, 6) is 0. The van der Waals surface area contributed by atoms with Crippen LogP contribution in [0.3, 0.4) is 0 Å². The van der Waals surface area contributed by atoms with Crippen molar-refractivity contribution < 1.29 is 30.0 Å². The van der Waals surface area contributed by atoms with E-state index in [-0.39, 0.29) is 4.57 Å². The Kier molecular flexibility index (Phi) is 6.96. The van der Waals surface area contributed by atoms with Gasteiger partial charge in [0.05, 0.1) is 0 Å². The van der Waals surface area contributed by atoms with Crippen LogP contribution in [0.2, 0.25) is 4.71 Å². The minimum absolute atomic E-state index is 0.183. The molecule has 0 amide bonds. The third-order valence-corrected chi connectivity index (χ3v) is 4.37. The van der Waals surface area contributed by atoms with Crippen molar-refractivity contribution in [3.63, 3.8) is 0 Å².